The number of anilines is 2. The molecule has 4 nitrogen and oxygen atoms in total. The van der Waals surface area contributed by atoms with E-state index in [1.807, 2.05) is 12.1 Å². The lowest BCUT2D eigenvalue weighted by atomic mass is 9.93. The smallest absolute Gasteiger partial charge is 0.101 e. The summed E-state index contributed by atoms with van der Waals surface area (Å²) < 4.78 is 0. The Bertz CT molecular complexity index is 463. The molecule has 0 bridgehead atoms. The van der Waals surface area contributed by atoms with E-state index < -0.39 is 0 Å². The Balaban J connectivity index is 2.13. The van der Waals surface area contributed by atoms with Gasteiger partial charge in [-0.05, 0) is 38.1 Å². The van der Waals surface area contributed by atoms with Crippen molar-refractivity contribution in [2.24, 2.45) is 5.92 Å². The maximum Gasteiger partial charge on any atom is 0.101 e. The number of benzene rings is 1. The standard InChI is InChI=1S/C14H20N4/c1-10-9-18(2)7-6-12(10)17-13-5-3-4-11(8-15)14(13)16/h3-5,10,12,17H,6-7,9,16H2,1-2H3. The van der Waals surface area contributed by atoms with Crippen molar-refractivity contribution in [3.8, 4) is 6.07 Å². The van der Waals surface area contributed by atoms with Crippen LogP contribution in [-0.4, -0.2) is 31.1 Å². The summed E-state index contributed by atoms with van der Waals surface area (Å²) >= 11 is 0. The molecule has 1 fully saturated rings. The molecule has 0 aromatic heterocycles. The quantitative estimate of drug-likeness (QED) is 0.780. The molecule has 2 atom stereocenters. The van der Waals surface area contributed by atoms with Crippen LogP contribution in [0.15, 0.2) is 18.2 Å². The molecule has 1 aliphatic heterocycles. The number of rotatable bonds is 2. The lowest BCUT2D eigenvalue weighted by molar-refractivity contribution is 0.206. The number of nitrogens with two attached hydrogens (primary N) is 1. The van der Waals surface area contributed by atoms with Crippen LogP contribution >= 0.6 is 0 Å². The van der Waals surface area contributed by atoms with Crippen LogP contribution in [0.5, 0.6) is 0 Å². The fourth-order valence-electron chi connectivity index (χ4n) is 2.56. The van der Waals surface area contributed by atoms with Crippen molar-refractivity contribution in [1.82, 2.24) is 4.90 Å². The Morgan fingerprint density at radius 3 is 2.94 bits per heavy atom. The van der Waals surface area contributed by atoms with Crippen LogP contribution in [-0.2, 0) is 0 Å². The molecule has 18 heavy (non-hydrogen) atoms. The highest BCUT2D eigenvalue weighted by atomic mass is 15.1. The van der Waals surface area contributed by atoms with Crippen molar-refractivity contribution in [2.75, 3.05) is 31.2 Å². The molecule has 0 spiro atoms. The van der Waals surface area contributed by atoms with Gasteiger partial charge in [-0.25, -0.2) is 0 Å². The van der Waals surface area contributed by atoms with E-state index >= 15 is 0 Å². The molecular weight excluding hydrogens is 224 g/mol. The highest BCUT2D eigenvalue weighted by Gasteiger charge is 2.24. The summed E-state index contributed by atoms with van der Waals surface area (Å²) in [5.74, 6) is 0.578. The van der Waals surface area contributed by atoms with Crippen molar-refractivity contribution in [3.05, 3.63) is 23.8 Å². The lowest BCUT2D eigenvalue weighted by Gasteiger charge is -2.36. The minimum absolute atomic E-state index is 0.428. The van der Waals surface area contributed by atoms with E-state index in [1.165, 1.54) is 0 Å². The summed E-state index contributed by atoms with van der Waals surface area (Å²) in [6.07, 6.45) is 1.11. The van der Waals surface area contributed by atoms with Crippen LogP contribution in [0.3, 0.4) is 0 Å². The molecule has 4 heteroatoms. The lowest BCUT2D eigenvalue weighted by Crippen LogP contribution is -2.43. The maximum atomic E-state index is 8.97. The Kier molecular flexibility index (Phi) is 3.73. The van der Waals surface area contributed by atoms with Crippen molar-refractivity contribution >= 4 is 11.4 Å². The van der Waals surface area contributed by atoms with E-state index in [1.54, 1.807) is 6.07 Å². The van der Waals surface area contributed by atoms with Gasteiger partial charge in [0.25, 0.3) is 0 Å². The molecule has 3 N–H and O–H groups in total. The fourth-order valence-corrected chi connectivity index (χ4v) is 2.56. The number of hydrogen-bond acceptors (Lipinski definition) is 4. The van der Waals surface area contributed by atoms with Crippen molar-refractivity contribution in [2.45, 2.75) is 19.4 Å². The zero-order valence-corrected chi connectivity index (χ0v) is 11.0. The molecule has 0 saturated carbocycles. The average molecular weight is 244 g/mol. The summed E-state index contributed by atoms with van der Waals surface area (Å²) in [5, 5.41) is 12.5. The Morgan fingerprint density at radius 2 is 2.28 bits per heavy atom. The molecule has 0 radical (unpaired) electrons. The first-order valence-corrected chi connectivity index (χ1v) is 6.35. The van der Waals surface area contributed by atoms with Gasteiger partial charge in [-0.3, -0.25) is 0 Å². The molecule has 1 aromatic carbocycles. The van der Waals surface area contributed by atoms with Crippen LogP contribution < -0.4 is 11.1 Å². The normalized spacial score (nSPS) is 24.5. The van der Waals surface area contributed by atoms with Crippen LogP contribution in [0.4, 0.5) is 11.4 Å². The minimum Gasteiger partial charge on any atom is -0.396 e. The number of nitriles is 1. The third kappa shape index (κ3) is 2.57. The predicted octanol–water partition coefficient (Wildman–Crippen LogP) is 1.89. The van der Waals surface area contributed by atoms with Gasteiger partial charge in [0.1, 0.15) is 6.07 Å². The van der Waals surface area contributed by atoms with Crippen LogP contribution in [0, 0.1) is 17.2 Å². The first-order chi connectivity index (χ1) is 8.61. The monoisotopic (exact) mass is 244 g/mol. The van der Waals surface area contributed by atoms with Gasteiger partial charge in [-0.15, -0.1) is 0 Å². The van der Waals surface area contributed by atoms with Gasteiger partial charge in [0.15, 0.2) is 0 Å². The van der Waals surface area contributed by atoms with Gasteiger partial charge in [-0.1, -0.05) is 13.0 Å². The van der Waals surface area contributed by atoms with Gasteiger partial charge in [-0.2, -0.15) is 5.26 Å². The van der Waals surface area contributed by atoms with E-state index in [-0.39, 0.29) is 0 Å². The maximum absolute atomic E-state index is 8.97. The van der Waals surface area contributed by atoms with E-state index in [2.05, 4.69) is 30.3 Å². The van der Waals surface area contributed by atoms with E-state index in [9.17, 15) is 0 Å². The average Bonchev–Trinajstić information content (AvgIpc) is 2.35. The Morgan fingerprint density at radius 1 is 1.50 bits per heavy atom. The molecule has 1 aromatic rings. The molecule has 1 saturated heterocycles. The molecule has 0 amide bonds. The van der Waals surface area contributed by atoms with E-state index in [0.29, 0.717) is 23.2 Å². The highest BCUT2D eigenvalue weighted by molar-refractivity contribution is 5.73. The first-order valence-electron chi connectivity index (χ1n) is 6.35. The number of para-hydroxylation sites is 1. The summed E-state index contributed by atoms with van der Waals surface area (Å²) in [6, 6.07) is 8.11. The molecular formula is C14H20N4. The molecule has 0 aliphatic carbocycles. The predicted molar refractivity (Wildman–Crippen MR) is 74.3 cm³/mol. The summed E-state index contributed by atoms with van der Waals surface area (Å²) in [6.45, 7) is 4.44. The molecule has 1 aliphatic rings. The first kappa shape index (κ1) is 12.7. The van der Waals surface area contributed by atoms with E-state index in [4.69, 9.17) is 11.0 Å². The molecule has 2 unspecified atom stereocenters. The minimum atomic E-state index is 0.428. The van der Waals surface area contributed by atoms with Crippen molar-refractivity contribution in [3.63, 3.8) is 0 Å². The second-order valence-corrected chi connectivity index (χ2v) is 5.16. The van der Waals surface area contributed by atoms with Gasteiger partial charge in [0.05, 0.1) is 16.9 Å². The summed E-state index contributed by atoms with van der Waals surface area (Å²) in [5.41, 5.74) is 7.98. The number of hydrogen-bond donors (Lipinski definition) is 2. The van der Waals surface area contributed by atoms with Crippen LogP contribution in [0.25, 0.3) is 0 Å². The van der Waals surface area contributed by atoms with Gasteiger partial charge >= 0.3 is 0 Å². The van der Waals surface area contributed by atoms with Gasteiger partial charge in [0.2, 0.25) is 0 Å². The zero-order chi connectivity index (χ0) is 13.1. The third-order valence-corrected chi connectivity index (χ3v) is 3.68. The fraction of sp³-hybridized carbons (Fsp3) is 0.500. The Hall–Kier alpha value is -1.73. The van der Waals surface area contributed by atoms with Crippen LogP contribution in [0.2, 0.25) is 0 Å². The number of nitrogens with zero attached hydrogens (tertiary/aromatic N) is 2. The molecule has 96 valence electrons. The SMILES string of the molecule is CC1CN(C)CCC1Nc1cccc(C#N)c1N. The third-order valence-electron chi connectivity index (χ3n) is 3.68. The number of nitrogen functional groups attached to an aromatic ring is 1. The van der Waals surface area contributed by atoms with Crippen molar-refractivity contribution in [1.29, 1.82) is 5.26 Å². The Labute approximate surface area is 108 Å². The largest absolute Gasteiger partial charge is 0.396 e. The van der Waals surface area contributed by atoms with Gasteiger partial charge < -0.3 is 16.0 Å². The number of nitrogens with one attached hydrogen (secondary N) is 1. The van der Waals surface area contributed by atoms with Gasteiger partial charge in [0, 0.05) is 12.6 Å². The zero-order valence-electron chi connectivity index (χ0n) is 11.0. The molecule has 2 rings (SSSR count). The highest BCUT2D eigenvalue weighted by Crippen LogP contribution is 2.26. The summed E-state index contributed by atoms with van der Waals surface area (Å²) in [7, 11) is 2.15. The van der Waals surface area contributed by atoms with E-state index in [0.717, 1.165) is 25.2 Å². The van der Waals surface area contributed by atoms with Crippen LogP contribution in [0.1, 0.15) is 18.9 Å². The number of piperidine rings is 1. The topological polar surface area (TPSA) is 65.1 Å². The second-order valence-electron chi connectivity index (χ2n) is 5.16. The van der Waals surface area contributed by atoms with Crippen molar-refractivity contribution < 1.29 is 0 Å². The second kappa shape index (κ2) is 5.28. The number of likely N-dealkylation sites (tertiary alicyclic amines) is 1. The molecule has 1 heterocycles. The summed E-state index contributed by atoms with van der Waals surface area (Å²) in [4.78, 5) is 2.35.